The van der Waals surface area contributed by atoms with E-state index in [1.165, 1.54) is 28.5 Å². The molecule has 16 heavy (non-hydrogen) atoms. The minimum absolute atomic E-state index is 0.637. The first-order valence-corrected chi connectivity index (χ1v) is 6.90. The van der Waals surface area contributed by atoms with E-state index in [0.29, 0.717) is 6.04 Å². The van der Waals surface area contributed by atoms with E-state index in [2.05, 4.69) is 28.2 Å². The van der Waals surface area contributed by atoms with Gasteiger partial charge in [0.25, 0.3) is 0 Å². The zero-order valence-electron chi connectivity index (χ0n) is 9.57. The van der Waals surface area contributed by atoms with Gasteiger partial charge in [-0.05, 0) is 25.0 Å². The molecule has 2 aliphatic rings. The predicted molar refractivity (Wildman–Crippen MR) is 68.3 cm³/mol. The summed E-state index contributed by atoms with van der Waals surface area (Å²) in [5, 5.41) is 3.48. The van der Waals surface area contributed by atoms with Gasteiger partial charge in [-0.15, -0.1) is 11.8 Å². The molecule has 0 aliphatic carbocycles. The molecule has 0 radical (unpaired) electrons. The maximum atomic E-state index is 4.64. The summed E-state index contributed by atoms with van der Waals surface area (Å²) < 4.78 is 0. The number of nitrogens with zero attached hydrogens (tertiary/aromatic N) is 2. The third-order valence-electron chi connectivity index (χ3n) is 3.30. The van der Waals surface area contributed by atoms with Crippen LogP contribution in [0.1, 0.15) is 12.0 Å². The molecule has 2 aliphatic heterocycles. The normalized spacial score (nSPS) is 24.6. The number of thioether (sulfide) groups is 1. The molecule has 3 heterocycles. The average Bonchev–Trinajstić information content (AvgIpc) is 2.47. The Bertz CT molecular complexity index is 394. The summed E-state index contributed by atoms with van der Waals surface area (Å²) in [5.41, 5.74) is 1.26. The second-order valence-electron chi connectivity index (χ2n) is 4.52. The second-order valence-corrected chi connectivity index (χ2v) is 5.66. The SMILES string of the molecule is Cc1cnc2c(c1)SCC[C@H]1CNCCN21. The zero-order chi connectivity index (χ0) is 11.0. The van der Waals surface area contributed by atoms with E-state index in [9.17, 15) is 0 Å². The molecule has 1 fully saturated rings. The number of anilines is 1. The Morgan fingerprint density at radius 1 is 1.56 bits per heavy atom. The number of hydrogen-bond donors (Lipinski definition) is 1. The van der Waals surface area contributed by atoms with E-state index >= 15 is 0 Å². The standard InChI is InChI=1S/C12H17N3S/c1-9-6-11-12(14-7-9)15-4-3-13-8-10(15)2-5-16-11/h6-7,10,13H,2-5,8H2,1H3/t10-/m0/s1. The van der Waals surface area contributed by atoms with Gasteiger partial charge < -0.3 is 10.2 Å². The van der Waals surface area contributed by atoms with E-state index in [0.717, 1.165) is 19.6 Å². The van der Waals surface area contributed by atoms with E-state index in [1.807, 2.05) is 18.0 Å². The number of hydrogen-bond acceptors (Lipinski definition) is 4. The fraction of sp³-hybridized carbons (Fsp3) is 0.583. The van der Waals surface area contributed by atoms with Crippen LogP contribution >= 0.6 is 11.8 Å². The molecule has 0 aromatic carbocycles. The lowest BCUT2D eigenvalue weighted by Gasteiger charge is -2.36. The Morgan fingerprint density at radius 3 is 3.44 bits per heavy atom. The summed E-state index contributed by atoms with van der Waals surface area (Å²) in [5.74, 6) is 2.42. The topological polar surface area (TPSA) is 28.2 Å². The van der Waals surface area contributed by atoms with Crippen molar-refractivity contribution in [2.75, 3.05) is 30.3 Å². The van der Waals surface area contributed by atoms with Gasteiger partial charge in [-0.25, -0.2) is 4.98 Å². The molecule has 1 aromatic heterocycles. The summed E-state index contributed by atoms with van der Waals surface area (Å²) in [6.45, 7) is 5.40. The van der Waals surface area contributed by atoms with Crippen LogP contribution in [0, 0.1) is 6.92 Å². The molecular formula is C12H17N3S. The summed E-state index contributed by atoms with van der Waals surface area (Å²) in [6, 6.07) is 2.91. The Labute approximate surface area is 101 Å². The molecule has 1 N–H and O–H groups in total. The van der Waals surface area contributed by atoms with Gasteiger partial charge in [-0.3, -0.25) is 0 Å². The molecule has 0 bridgehead atoms. The van der Waals surface area contributed by atoms with Crippen LogP contribution in [-0.4, -0.2) is 36.4 Å². The van der Waals surface area contributed by atoms with Crippen molar-refractivity contribution in [3.8, 4) is 0 Å². The molecule has 0 amide bonds. The Hall–Kier alpha value is -0.740. The highest BCUT2D eigenvalue weighted by Gasteiger charge is 2.27. The minimum Gasteiger partial charge on any atom is -0.350 e. The molecule has 3 rings (SSSR count). The lowest BCUT2D eigenvalue weighted by molar-refractivity contribution is 0.465. The molecule has 4 heteroatoms. The van der Waals surface area contributed by atoms with Crippen LogP contribution in [0.5, 0.6) is 0 Å². The minimum atomic E-state index is 0.637. The van der Waals surface area contributed by atoms with Crippen LogP contribution in [0.2, 0.25) is 0 Å². The lowest BCUT2D eigenvalue weighted by Crippen LogP contribution is -2.51. The third-order valence-corrected chi connectivity index (χ3v) is 4.35. The fourth-order valence-electron chi connectivity index (χ4n) is 2.46. The summed E-state index contributed by atoms with van der Waals surface area (Å²) in [6.07, 6.45) is 3.25. The number of pyridine rings is 1. The van der Waals surface area contributed by atoms with Gasteiger partial charge in [0.05, 0.1) is 4.90 Å². The largest absolute Gasteiger partial charge is 0.350 e. The van der Waals surface area contributed by atoms with Crippen molar-refractivity contribution in [2.45, 2.75) is 24.3 Å². The maximum absolute atomic E-state index is 4.64. The summed E-state index contributed by atoms with van der Waals surface area (Å²) in [7, 11) is 0. The molecule has 0 saturated carbocycles. The van der Waals surface area contributed by atoms with E-state index in [4.69, 9.17) is 0 Å². The van der Waals surface area contributed by atoms with Crippen LogP contribution in [0.25, 0.3) is 0 Å². The second kappa shape index (κ2) is 4.26. The first-order chi connectivity index (χ1) is 7.84. The van der Waals surface area contributed by atoms with Gasteiger partial charge in [0.1, 0.15) is 5.82 Å². The predicted octanol–water partition coefficient (Wildman–Crippen LogP) is 1.66. The summed E-state index contributed by atoms with van der Waals surface area (Å²) >= 11 is 1.96. The van der Waals surface area contributed by atoms with E-state index in [-0.39, 0.29) is 0 Å². The highest BCUT2D eigenvalue weighted by Crippen LogP contribution is 2.35. The molecule has 0 unspecified atom stereocenters. The van der Waals surface area contributed by atoms with Crippen molar-refractivity contribution in [3.63, 3.8) is 0 Å². The van der Waals surface area contributed by atoms with Gasteiger partial charge in [0, 0.05) is 37.6 Å². The summed E-state index contributed by atoms with van der Waals surface area (Å²) in [4.78, 5) is 8.50. The monoisotopic (exact) mass is 235 g/mol. The number of aryl methyl sites for hydroxylation is 1. The molecule has 3 nitrogen and oxygen atoms in total. The molecule has 1 aromatic rings. The highest BCUT2D eigenvalue weighted by atomic mass is 32.2. The molecule has 0 spiro atoms. The van der Waals surface area contributed by atoms with E-state index < -0.39 is 0 Å². The Balaban J connectivity index is 2.00. The Morgan fingerprint density at radius 2 is 2.50 bits per heavy atom. The number of piperazine rings is 1. The van der Waals surface area contributed by atoms with Crippen LogP contribution in [0.4, 0.5) is 5.82 Å². The zero-order valence-corrected chi connectivity index (χ0v) is 10.4. The van der Waals surface area contributed by atoms with Crippen molar-refractivity contribution in [2.24, 2.45) is 0 Å². The van der Waals surface area contributed by atoms with Crippen molar-refractivity contribution in [1.29, 1.82) is 0 Å². The quantitative estimate of drug-likeness (QED) is 0.740. The number of rotatable bonds is 0. The number of aromatic nitrogens is 1. The van der Waals surface area contributed by atoms with Gasteiger partial charge >= 0.3 is 0 Å². The fourth-order valence-corrected chi connectivity index (χ4v) is 3.64. The van der Waals surface area contributed by atoms with Crippen molar-refractivity contribution in [3.05, 3.63) is 17.8 Å². The van der Waals surface area contributed by atoms with Crippen molar-refractivity contribution >= 4 is 17.6 Å². The van der Waals surface area contributed by atoms with Crippen LogP contribution < -0.4 is 10.2 Å². The first-order valence-electron chi connectivity index (χ1n) is 5.91. The van der Waals surface area contributed by atoms with Crippen molar-refractivity contribution < 1.29 is 0 Å². The molecule has 1 atom stereocenters. The molecule has 1 saturated heterocycles. The smallest absolute Gasteiger partial charge is 0.142 e. The molecular weight excluding hydrogens is 218 g/mol. The third kappa shape index (κ3) is 1.80. The van der Waals surface area contributed by atoms with Crippen LogP contribution in [0.3, 0.4) is 0 Å². The van der Waals surface area contributed by atoms with Gasteiger partial charge in [0.15, 0.2) is 0 Å². The van der Waals surface area contributed by atoms with Crippen LogP contribution in [-0.2, 0) is 0 Å². The van der Waals surface area contributed by atoms with E-state index in [1.54, 1.807) is 0 Å². The van der Waals surface area contributed by atoms with Crippen molar-refractivity contribution in [1.82, 2.24) is 10.3 Å². The first kappa shape index (κ1) is 10.4. The maximum Gasteiger partial charge on any atom is 0.142 e. The molecule has 86 valence electrons. The van der Waals surface area contributed by atoms with Gasteiger partial charge in [-0.2, -0.15) is 0 Å². The lowest BCUT2D eigenvalue weighted by atomic mass is 10.1. The van der Waals surface area contributed by atoms with Gasteiger partial charge in [-0.1, -0.05) is 0 Å². The number of nitrogens with one attached hydrogen (secondary N) is 1. The Kier molecular flexibility index (Phi) is 2.77. The van der Waals surface area contributed by atoms with Gasteiger partial charge in [0.2, 0.25) is 0 Å². The number of fused-ring (bicyclic) bond motifs is 3. The average molecular weight is 235 g/mol. The highest BCUT2D eigenvalue weighted by molar-refractivity contribution is 7.99. The van der Waals surface area contributed by atoms with Crippen LogP contribution in [0.15, 0.2) is 17.2 Å².